The number of nitrogens with one attached hydrogen (secondary N) is 1. The fourth-order valence-electron chi connectivity index (χ4n) is 3.58. The number of aromatic amines is 1. The smallest absolute Gasteiger partial charge is 0.258 e. The summed E-state index contributed by atoms with van der Waals surface area (Å²) in [5, 5.41) is 7.19. The topological polar surface area (TPSA) is 80.3 Å². The number of methoxy groups -OCH3 is 2. The Balaban J connectivity index is 1.60. The van der Waals surface area contributed by atoms with E-state index in [0.717, 1.165) is 12.8 Å². The second kappa shape index (κ2) is 7.90. The lowest BCUT2D eigenvalue weighted by Gasteiger charge is -2.24. The molecule has 1 fully saturated rings. The van der Waals surface area contributed by atoms with Gasteiger partial charge in [-0.25, -0.2) is 9.37 Å². The Morgan fingerprint density at radius 3 is 2.69 bits per heavy atom. The highest BCUT2D eigenvalue weighted by Crippen LogP contribution is 2.34. The lowest BCUT2D eigenvalue weighted by atomic mass is 10.1. The SMILES string of the molecule is COc1ccc(C(=O)N2CCCC2c2nc(-c3ccc(F)cc3)n[nH]2)c(OC)c1. The molecule has 2 heterocycles. The molecule has 0 spiro atoms. The van der Waals surface area contributed by atoms with Gasteiger partial charge in [-0.1, -0.05) is 0 Å². The van der Waals surface area contributed by atoms with Gasteiger partial charge in [0.25, 0.3) is 5.91 Å². The number of hydrogen-bond acceptors (Lipinski definition) is 5. The van der Waals surface area contributed by atoms with E-state index in [9.17, 15) is 9.18 Å². The Hall–Kier alpha value is -3.42. The Labute approximate surface area is 167 Å². The van der Waals surface area contributed by atoms with Crippen LogP contribution in [0.2, 0.25) is 0 Å². The number of likely N-dealkylation sites (tertiary alicyclic amines) is 1. The molecule has 1 unspecified atom stereocenters. The van der Waals surface area contributed by atoms with Crippen LogP contribution in [0, 0.1) is 5.82 Å². The summed E-state index contributed by atoms with van der Waals surface area (Å²) in [6.45, 7) is 0.616. The zero-order chi connectivity index (χ0) is 20.4. The summed E-state index contributed by atoms with van der Waals surface area (Å²) >= 11 is 0. The molecular formula is C21H21FN4O3. The summed E-state index contributed by atoms with van der Waals surface area (Å²) in [5.74, 6) is 1.72. The molecule has 150 valence electrons. The Morgan fingerprint density at radius 2 is 1.97 bits per heavy atom. The van der Waals surface area contributed by atoms with E-state index < -0.39 is 0 Å². The third-order valence-electron chi connectivity index (χ3n) is 5.07. The molecule has 0 saturated carbocycles. The fraction of sp³-hybridized carbons (Fsp3) is 0.286. The number of carbonyl (C=O) groups is 1. The molecule has 3 aromatic rings. The zero-order valence-corrected chi connectivity index (χ0v) is 16.2. The molecule has 2 aromatic carbocycles. The highest BCUT2D eigenvalue weighted by molar-refractivity contribution is 5.97. The van der Waals surface area contributed by atoms with Crippen LogP contribution < -0.4 is 9.47 Å². The molecule has 0 radical (unpaired) electrons. The molecule has 1 aromatic heterocycles. The van der Waals surface area contributed by atoms with Crippen molar-refractivity contribution >= 4 is 5.91 Å². The summed E-state index contributed by atoms with van der Waals surface area (Å²) in [6, 6.07) is 10.9. The predicted octanol–water partition coefficient (Wildman–Crippen LogP) is 3.61. The minimum atomic E-state index is -0.314. The van der Waals surface area contributed by atoms with Gasteiger partial charge in [0, 0.05) is 18.2 Å². The van der Waals surface area contributed by atoms with E-state index in [1.54, 1.807) is 42.3 Å². The fourth-order valence-corrected chi connectivity index (χ4v) is 3.58. The summed E-state index contributed by atoms with van der Waals surface area (Å²) in [5.41, 5.74) is 1.18. The third kappa shape index (κ3) is 3.65. The number of rotatable bonds is 5. The van der Waals surface area contributed by atoms with Gasteiger partial charge in [0.05, 0.1) is 25.8 Å². The van der Waals surface area contributed by atoms with Gasteiger partial charge in [-0.05, 0) is 49.2 Å². The van der Waals surface area contributed by atoms with E-state index in [1.807, 2.05) is 0 Å². The van der Waals surface area contributed by atoms with E-state index in [2.05, 4.69) is 15.2 Å². The number of ether oxygens (including phenoxy) is 2. The van der Waals surface area contributed by atoms with E-state index in [4.69, 9.17) is 9.47 Å². The van der Waals surface area contributed by atoms with Crippen molar-refractivity contribution in [3.8, 4) is 22.9 Å². The molecule has 8 heteroatoms. The average molecular weight is 396 g/mol. The van der Waals surface area contributed by atoms with Crippen molar-refractivity contribution in [2.75, 3.05) is 20.8 Å². The van der Waals surface area contributed by atoms with E-state index >= 15 is 0 Å². The van der Waals surface area contributed by atoms with Crippen LogP contribution in [0.1, 0.15) is 35.1 Å². The molecule has 1 N–H and O–H groups in total. The molecular weight excluding hydrogens is 375 g/mol. The number of hydrogen-bond donors (Lipinski definition) is 1. The van der Waals surface area contributed by atoms with Crippen molar-refractivity contribution < 1.29 is 18.7 Å². The molecule has 1 aliphatic heterocycles. The van der Waals surface area contributed by atoms with Crippen LogP contribution in [0.25, 0.3) is 11.4 Å². The second-order valence-corrected chi connectivity index (χ2v) is 6.77. The summed E-state index contributed by atoms with van der Waals surface area (Å²) in [6.07, 6.45) is 1.64. The van der Waals surface area contributed by atoms with Gasteiger partial charge < -0.3 is 14.4 Å². The van der Waals surface area contributed by atoms with Gasteiger partial charge in [-0.2, -0.15) is 5.10 Å². The van der Waals surface area contributed by atoms with Crippen molar-refractivity contribution in [2.24, 2.45) is 0 Å². The van der Waals surface area contributed by atoms with E-state index in [-0.39, 0.29) is 17.8 Å². The third-order valence-corrected chi connectivity index (χ3v) is 5.07. The molecule has 0 aliphatic carbocycles. The van der Waals surface area contributed by atoms with E-state index in [1.165, 1.54) is 19.2 Å². The number of benzene rings is 2. The van der Waals surface area contributed by atoms with Crippen LogP contribution in [0.5, 0.6) is 11.5 Å². The number of aromatic nitrogens is 3. The minimum absolute atomic E-state index is 0.133. The largest absolute Gasteiger partial charge is 0.497 e. The quantitative estimate of drug-likeness (QED) is 0.713. The number of nitrogens with zero attached hydrogens (tertiary/aromatic N) is 3. The molecule has 0 bridgehead atoms. The van der Waals surface area contributed by atoms with Gasteiger partial charge in [-0.3, -0.25) is 9.89 Å². The van der Waals surface area contributed by atoms with Crippen molar-refractivity contribution in [2.45, 2.75) is 18.9 Å². The number of halogens is 1. The molecule has 1 saturated heterocycles. The summed E-state index contributed by atoms with van der Waals surface area (Å²) < 4.78 is 23.7. The first kappa shape index (κ1) is 18.9. The number of carbonyl (C=O) groups excluding carboxylic acids is 1. The predicted molar refractivity (Wildman–Crippen MR) is 104 cm³/mol. The highest BCUT2D eigenvalue weighted by Gasteiger charge is 2.34. The van der Waals surface area contributed by atoms with Gasteiger partial charge in [0.1, 0.15) is 23.1 Å². The molecule has 1 atom stereocenters. The van der Waals surface area contributed by atoms with Crippen LogP contribution in [-0.4, -0.2) is 46.8 Å². The lowest BCUT2D eigenvalue weighted by molar-refractivity contribution is 0.0726. The maximum atomic E-state index is 13.2. The molecule has 7 nitrogen and oxygen atoms in total. The maximum absolute atomic E-state index is 13.2. The first-order valence-corrected chi connectivity index (χ1v) is 9.32. The number of amides is 1. The second-order valence-electron chi connectivity index (χ2n) is 6.77. The molecule has 1 aliphatic rings. The van der Waals surface area contributed by atoms with Crippen molar-refractivity contribution in [1.82, 2.24) is 20.1 Å². The van der Waals surface area contributed by atoms with Crippen LogP contribution in [-0.2, 0) is 0 Å². The normalized spacial score (nSPS) is 16.1. The summed E-state index contributed by atoms with van der Waals surface area (Å²) in [7, 11) is 3.09. The van der Waals surface area contributed by atoms with Crippen molar-refractivity contribution in [3.05, 3.63) is 59.7 Å². The molecule has 1 amide bonds. The van der Waals surface area contributed by atoms with Crippen LogP contribution in [0.3, 0.4) is 0 Å². The molecule has 4 rings (SSSR count). The standard InChI is InChI=1S/C21H21FN4O3/c1-28-15-9-10-16(18(12-15)29-2)21(27)26-11-3-4-17(26)20-23-19(24-25-20)13-5-7-14(22)8-6-13/h5-10,12,17H,3-4,11H2,1-2H3,(H,23,24,25). The van der Waals surface area contributed by atoms with Crippen LogP contribution in [0.15, 0.2) is 42.5 Å². The van der Waals surface area contributed by atoms with Gasteiger partial charge >= 0.3 is 0 Å². The minimum Gasteiger partial charge on any atom is -0.497 e. The van der Waals surface area contributed by atoms with Gasteiger partial charge in [0.2, 0.25) is 0 Å². The summed E-state index contributed by atoms with van der Waals surface area (Å²) in [4.78, 5) is 19.6. The van der Waals surface area contributed by atoms with Crippen LogP contribution >= 0.6 is 0 Å². The first-order valence-electron chi connectivity index (χ1n) is 9.32. The maximum Gasteiger partial charge on any atom is 0.258 e. The Kier molecular flexibility index (Phi) is 5.16. The number of H-pyrrole nitrogens is 1. The Bertz CT molecular complexity index is 1020. The monoisotopic (exact) mass is 396 g/mol. The highest BCUT2D eigenvalue weighted by atomic mass is 19.1. The molecule has 29 heavy (non-hydrogen) atoms. The van der Waals surface area contributed by atoms with E-state index in [0.29, 0.717) is 40.8 Å². The lowest BCUT2D eigenvalue weighted by Crippen LogP contribution is -2.31. The average Bonchev–Trinajstić information content (AvgIpc) is 3.42. The van der Waals surface area contributed by atoms with Gasteiger partial charge in [0.15, 0.2) is 5.82 Å². The Morgan fingerprint density at radius 1 is 1.17 bits per heavy atom. The first-order chi connectivity index (χ1) is 14.1. The van der Waals surface area contributed by atoms with Crippen molar-refractivity contribution in [3.63, 3.8) is 0 Å². The van der Waals surface area contributed by atoms with Crippen LogP contribution in [0.4, 0.5) is 4.39 Å². The zero-order valence-electron chi connectivity index (χ0n) is 16.2. The van der Waals surface area contributed by atoms with Crippen molar-refractivity contribution in [1.29, 1.82) is 0 Å². The van der Waals surface area contributed by atoms with Gasteiger partial charge in [-0.15, -0.1) is 0 Å².